The van der Waals surface area contributed by atoms with Gasteiger partial charge in [0.2, 0.25) is 0 Å². The first-order chi connectivity index (χ1) is 9.01. The highest BCUT2D eigenvalue weighted by atomic mass is 19.1. The Morgan fingerprint density at radius 2 is 1.63 bits per heavy atom. The molecule has 0 saturated carbocycles. The second kappa shape index (κ2) is 5.22. The molecule has 0 spiro atoms. The fraction of sp³-hybridized carbons (Fsp3) is 0.188. The summed E-state index contributed by atoms with van der Waals surface area (Å²) >= 11 is 0. The lowest BCUT2D eigenvalue weighted by Crippen LogP contribution is -2.03. The summed E-state index contributed by atoms with van der Waals surface area (Å²) in [5.41, 5.74) is 3.07. The molecule has 0 fully saturated rings. The zero-order valence-corrected chi connectivity index (χ0v) is 11.2. The van der Waals surface area contributed by atoms with Gasteiger partial charge in [-0.15, -0.1) is 0 Å². The minimum absolute atomic E-state index is 0.0789. The van der Waals surface area contributed by atoms with Crippen LogP contribution in [-0.4, -0.2) is 12.9 Å². The molecule has 0 heterocycles. The Bertz CT molecular complexity index is 612. The highest BCUT2D eigenvalue weighted by molar-refractivity contribution is 6.09. The number of aryl methyl sites for hydroxylation is 2. The van der Waals surface area contributed by atoms with E-state index in [9.17, 15) is 9.18 Å². The maximum absolute atomic E-state index is 13.3. The quantitative estimate of drug-likeness (QED) is 0.785. The lowest BCUT2D eigenvalue weighted by Gasteiger charge is -2.07. The first-order valence-corrected chi connectivity index (χ1v) is 5.98. The number of hydrogen-bond donors (Lipinski definition) is 0. The lowest BCUT2D eigenvalue weighted by molar-refractivity contribution is 0.103. The minimum atomic E-state index is -0.473. The summed E-state index contributed by atoms with van der Waals surface area (Å²) in [7, 11) is 1.38. The van der Waals surface area contributed by atoms with Gasteiger partial charge in [-0.25, -0.2) is 4.39 Å². The van der Waals surface area contributed by atoms with E-state index in [1.165, 1.54) is 25.3 Å². The Hall–Kier alpha value is -2.16. The van der Waals surface area contributed by atoms with E-state index in [1.54, 1.807) is 0 Å². The van der Waals surface area contributed by atoms with Crippen molar-refractivity contribution in [3.63, 3.8) is 0 Å². The number of rotatable bonds is 3. The average molecular weight is 258 g/mol. The summed E-state index contributed by atoms with van der Waals surface area (Å²) in [6.07, 6.45) is 0. The lowest BCUT2D eigenvalue weighted by atomic mass is 9.99. The summed E-state index contributed by atoms with van der Waals surface area (Å²) < 4.78 is 18.2. The van der Waals surface area contributed by atoms with Crippen molar-refractivity contribution in [1.29, 1.82) is 0 Å². The van der Waals surface area contributed by atoms with E-state index in [0.717, 1.165) is 11.1 Å². The number of carbonyl (C=O) groups is 1. The maximum Gasteiger partial charge on any atom is 0.193 e. The van der Waals surface area contributed by atoms with E-state index in [4.69, 9.17) is 4.74 Å². The smallest absolute Gasteiger partial charge is 0.193 e. The third-order valence-corrected chi connectivity index (χ3v) is 2.90. The maximum atomic E-state index is 13.3. The zero-order valence-electron chi connectivity index (χ0n) is 11.2. The van der Waals surface area contributed by atoms with Crippen molar-refractivity contribution < 1.29 is 13.9 Å². The number of benzene rings is 2. The van der Waals surface area contributed by atoms with Crippen LogP contribution in [-0.2, 0) is 0 Å². The van der Waals surface area contributed by atoms with E-state index in [0.29, 0.717) is 11.1 Å². The Morgan fingerprint density at radius 1 is 1.00 bits per heavy atom. The van der Waals surface area contributed by atoms with Gasteiger partial charge in [-0.2, -0.15) is 0 Å². The van der Waals surface area contributed by atoms with E-state index in [2.05, 4.69) is 0 Å². The first kappa shape index (κ1) is 13.3. The summed E-state index contributed by atoms with van der Waals surface area (Å²) in [6.45, 7) is 3.88. The fourth-order valence-corrected chi connectivity index (χ4v) is 2.07. The third-order valence-electron chi connectivity index (χ3n) is 2.90. The monoisotopic (exact) mass is 258 g/mol. The van der Waals surface area contributed by atoms with Crippen LogP contribution in [0.3, 0.4) is 0 Å². The molecular weight excluding hydrogens is 243 g/mol. The summed E-state index contributed by atoms with van der Waals surface area (Å²) in [5, 5.41) is 0. The Morgan fingerprint density at radius 3 is 2.21 bits per heavy atom. The number of ketones is 1. The molecule has 0 amide bonds. The molecule has 0 unspecified atom stereocenters. The molecule has 0 saturated heterocycles. The Labute approximate surface area is 111 Å². The summed E-state index contributed by atoms with van der Waals surface area (Å²) in [4.78, 5) is 12.4. The van der Waals surface area contributed by atoms with Gasteiger partial charge < -0.3 is 4.74 Å². The summed E-state index contributed by atoms with van der Waals surface area (Å²) in [5.74, 6) is -0.528. The number of hydrogen-bond acceptors (Lipinski definition) is 2. The minimum Gasteiger partial charge on any atom is -0.494 e. The van der Waals surface area contributed by atoms with Gasteiger partial charge in [0.1, 0.15) is 0 Å². The highest BCUT2D eigenvalue weighted by Crippen LogP contribution is 2.21. The van der Waals surface area contributed by atoms with Crippen molar-refractivity contribution >= 4 is 5.78 Å². The molecule has 3 heteroatoms. The molecule has 0 aliphatic carbocycles. The van der Waals surface area contributed by atoms with Gasteiger partial charge in [-0.05, 0) is 44.2 Å². The molecule has 0 aromatic heterocycles. The van der Waals surface area contributed by atoms with Crippen LogP contribution in [0.25, 0.3) is 0 Å². The van der Waals surface area contributed by atoms with Crippen LogP contribution in [0.15, 0.2) is 36.4 Å². The standard InChI is InChI=1S/C16H15FO2/c1-10-6-11(2)8-13(7-10)16(18)12-4-5-14(17)15(9-12)19-3/h4-9H,1-3H3. The van der Waals surface area contributed by atoms with Gasteiger partial charge >= 0.3 is 0 Å². The van der Waals surface area contributed by atoms with Gasteiger partial charge in [0, 0.05) is 11.1 Å². The molecule has 0 radical (unpaired) electrons. The van der Waals surface area contributed by atoms with E-state index >= 15 is 0 Å². The molecule has 2 aromatic rings. The van der Waals surface area contributed by atoms with Gasteiger partial charge in [0.25, 0.3) is 0 Å². The fourth-order valence-electron chi connectivity index (χ4n) is 2.07. The molecule has 2 nitrogen and oxygen atoms in total. The van der Waals surface area contributed by atoms with Crippen molar-refractivity contribution in [3.8, 4) is 5.75 Å². The third kappa shape index (κ3) is 2.81. The molecule has 0 aliphatic heterocycles. The van der Waals surface area contributed by atoms with Crippen LogP contribution in [0, 0.1) is 19.7 Å². The second-order valence-electron chi connectivity index (χ2n) is 4.55. The van der Waals surface area contributed by atoms with Crippen LogP contribution >= 0.6 is 0 Å². The Kier molecular flexibility index (Phi) is 3.65. The van der Waals surface area contributed by atoms with E-state index < -0.39 is 5.82 Å². The van der Waals surface area contributed by atoms with E-state index in [-0.39, 0.29) is 11.5 Å². The number of halogens is 1. The molecule has 98 valence electrons. The predicted octanol–water partition coefficient (Wildman–Crippen LogP) is 3.68. The largest absolute Gasteiger partial charge is 0.494 e. The van der Waals surface area contributed by atoms with Crippen LogP contribution < -0.4 is 4.74 Å². The highest BCUT2D eigenvalue weighted by Gasteiger charge is 2.13. The van der Waals surface area contributed by atoms with Gasteiger partial charge in [-0.1, -0.05) is 17.2 Å². The van der Waals surface area contributed by atoms with Crippen molar-refractivity contribution in [2.45, 2.75) is 13.8 Å². The van der Waals surface area contributed by atoms with Crippen molar-refractivity contribution in [3.05, 3.63) is 64.5 Å². The SMILES string of the molecule is COc1cc(C(=O)c2cc(C)cc(C)c2)ccc1F. The van der Waals surface area contributed by atoms with Crippen LogP contribution in [0.4, 0.5) is 4.39 Å². The van der Waals surface area contributed by atoms with Crippen LogP contribution in [0.5, 0.6) is 5.75 Å². The molecule has 2 rings (SSSR count). The van der Waals surface area contributed by atoms with Crippen molar-refractivity contribution in [2.75, 3.05) is 7.11 Å². The molecule has 0 aliphatic rings. The molecule has 0 N–H and O–H groups in total. The number of carbonyl (C=O) groups excluding carboxylic acids is 1. The predicted molar refractivity (Wildman–Crippen MR) is 72.3 cm³/mol. The second-order valence-corrected chi connectivity index (χ2v) is 4.55. The molecule has 2 aromatic carbocycles. The summed E-state index contributed by atoms with van der Waals surface area (Å²) in [6, 6.07) is 9.79. The Balaban J connectivity index is 2.43. The van der Waals surface area contributed by atoms with Crippen LogP contribution in [0.2, 0.25) is 0 Å². The normalized spacial score (nSPS) is 10.3. The number of ether oxygens (including phenoxy) is 1. The van der Waals surface area contributed by atoms with Gasteiger partial charge in [-0.3, -0.25) is 4.79 Å². The molecule has 0 bridgehead atoms. The van der Waals surface area contributed by atoms with Gasteiger partial charge in [0.05, 0.1) is 7.11 Å². The molecule has 0 atom stereocenters. The van der Waals surface area contributed by atoms with Crippen molar-refractivity contribution in [1.82, 2.24) is 0 Å². The average Bonchev–Trinajstić information content (AvgIpc) is 2.37. The zero-order chi connectivity index (χ0) is 14.0. The van der Waals surface area contributed by atoms with Gasteiger partial charge in [0.15, 0.2) is 17.3 Å². The first-order valence-electron chi connectivity index (χ1n) is 5.98. The number of methoxy groups -OCH3 is 1. The molecular formula is C16H15FO2. The topological polar surface area (TPSA) is 26.3 Å². The molecule has 19 heavy (non-hydrogen) atoms. The van der Waals surface area contributed by atoms with Crippen molar-refractivity contribution in [2.24, 2.45) is 0 Å². The van der Waals surface area contributed by atoms with Crippen LogP contribution in [0.1, 0.15) is 27.0 Å². The van der Waals surface area contributed by atoms with E-state index in [1.807, 2.05) is 32.0 Å².